The number of aryl methyl sites for hydroxylation is 1. The fraction of sp³-hybridized carbons (Fsp3) is 0.235. The fourth-order valence-electron chi connectivity index (χ4n) is 2.46. The second-order valence-electron chi connectivity index (χ2n) is 5.14. The maximum Gasteiger partial charge on any atom is 0.287 e. The largest absolute Gasteiger partial charge is 0.497 e. The maximum atomic E-state index is 12.5. The lowest BCUT2D eigenvalue weighted by Gasteiger charge is -2.13. The summed E-state index contributed by atoms with van der Waals surface area (Å²) in [7, 11) is 1.58. The Balaban J connectivity index is 1.90. The van der Waals surface area contributed by atoms with Crippen LogP contribution < -0.4 is 10.1 Å². The van der Waals surface area contributed by atoms with E-state index in [1.54, 1.807) is 38.3 Å². The van der Waals surface area contributed by atoms with Gasteiger partial charge in [-0.3, -0.25) is 4.79 Å². The molecule has 0 aliphatic carbocycles. The number of carbonyl (C=O) groups excluding carboxylic acids is 1. The molecule has 0 aliphatic heterocycles. The summed E-state index contributed by atoms with van der Waals surface area (Å²) in [5.74, 6) is 0.972. The number of ether oxygens (including phenoxy) is 1. The number of carbonyl (C=O) groups is 1. The predicted octanol–water partition coefficient (Wildman–Crippen LogP) is 2.81. The minimum atomic E-state index is -0.625. The van der Waals surface area contributed by atoms with Gasteiger partial charge in [0.25, 0.3) is 5.91 Å². The molecule has 1 atom stereocenters. The molecule has 2 aromatic heterocycles. The van der Waals surface area contributed by atoms with Crippen LogP contribution in [0, 0.1) is 6.92 Å². The first kappa shape index (κ1) is 15.2. The first-order valence-corrected chi connectivity index (χ1v) is 7.16. The number of aliphatic hydroxyl groups is 1. The van der Waals surface area contributed by atoms with Gasteiger partial charge in [-0.05, 0) is 37.3 Å². The molecule has 3 rings (SSSR count). The number of amides is 1. The molecule has 6 heteroatoms. The fourth-order valence-corrected chi connectivity index (χ4v) is 2.46. The zero-order valence-corrected chi connectivity index (χ0v) is 12.8. The summed E-state index contributed by atoms with van der Waals surface area (Å²) < 4.78 is 16.1. The lowest BCUT2D eigenvalue weighted by atomic mass is 10.1. The number of hydrogen-bond donors (Lipinski definition) is 2. The summed E-state index contributed by atoms with van der Waals surface area (Å²) in [6, 6.07) is 8.11. The van der Waals surface area contributed by atoms with E-state index >= 15 is 0 Å². The number of fused-ring (bicyclic) bond motifs is 1. The normalized spacial score (nSPS) is 12.3. The Hall–Kier alpha value is -2.73. The van der Waals surface area contributed by atoms with Crippen LogP contribution in [0.25, 0.3) is 11.0 Å². The highest BCUT2D eigenvalue weighted by molar-refractivity contribution is 5.99. The van der Waals surface area contributed by atoms with Crippen molar-refractivity contribution in [2.75, 3.05) is 13.7 Å². The van der Waals surface area contributed by atoms with Crippen molar-refractivity contribution >= 4 is 16.9 Å². The Morgan fingerprint density at radius 1 is 1.39 bits per heavy atom. The molecule has 1 unspecified atom stereocenters. The Kier molecular flexibility index (Phi) is 4.08. The Bertz CT molecular complexity index is 819. The molecule has 6 nitrogen and oxygen atoms in total. The van der Waals surface area contributed by atoms with Gasteiger partial charge in [0.1, 0.15) is 23.1 Å². The third-order valence-corrected chi connectivity index (χ3v) is 3.72. The van der Waals surface area contributed by atoms with Gasteiger partial charge in [0.05, 0.1) is 20.0 Å². The average molecular weight is 315 g/mol. The van der Waals surface area contributed by atoms with E-state index in [0.29, 0.717) is 22.7 Å². The van der Waals surface area contributed by atoms with Crippen LogP contribution in [0.15, 0.2) is 45.4 Å². The van der Waals surface area contributed by atoms with Gasteiger partial charge >= 0.3 is 0 Å². The molecule has 1 aromatic carbocycles. The third-order valence-electron chi connectivity index (χ3n) is 3.72. The molecule has 1 amide bonds. The van der Waals surface area contributed by atoms with E-state index in [9.17, 15) is 9.90 Å². The van der Waals surface area contributed by atoms with Gasteiger partial charge in [-0.25, -0.2) is 0 Å². The van der Waals surface area contributed by atoms with Crippen LogP contribution in [0.2, 0.25) is 0 Å². The van der Waals surface area contributed by atoms with Crippen LogP contribution in [0.3, 0.4) is 0 Å². The van der Waals surface area contributed by atoms with Gasteiger partial charge in [0, 0.05) is 10.9 Å². The van der Waals surface area contributed by atoms with E-state index in [4.69, 9.17) is 13.6 Å². The minimum Gasteiger partial charge on any atom is -0.497 e. The lowest BCUT2D eigenvalue weighted by Crippen LogP contribution is -2.30. The zero-order valence-electron chi connectivity index (χ0n) is 12.8. The molecule has 0 radical (unpaired) electrons. The standard InChI is InChI=1S/C17H17NO5/c1-10-12-8-11(21-2)5-6-14(12)23-16(10)17(20)18-13(9-19)15-4-3-7-22-15/h3-8,13,19H,9H2,1-2H3,(H,18,20). The van der Waals surface area contributed by atoms with Gasteiger partial charge in [0.15, 0.2) is 5.76 Å². The lowest BCUT2D eigenvalue weighted by molar-refractivity contribution is 0.0880. The van der Waals surface area contributed by atoms with Gasteiger partial charge in [-0.1, -0.05) is 0 Å². The molecule has 2 heterocycles. The Labute approximate surface area is 132 Å². The van der Waals surface area contributed by atoms with E-state index in [1.165, 1.54) is 6.26 Å². The summed E-state index contributed by atoms with van der Waals surface area (Å²) in [4.78, 5) is 12.5. The second kappa shape index (κ2) is 6.18. The molecule has 0 saturated carbocycles. The molecule has 0 saturated heterocycles. The quantitative estimate of drug-likeness (QED) is 0.756. The topological polar surface area (TPSA) is 84.8 Å². The molecule has 0 bridgehead atoms. The minimum absolute atomic E-state index is 0.207. The van der Waals surface area contributed by atoms with E-state index < -0.39 is 11.9 Å². The van der Waals surface area contributed by atoms with Crippen molar-refractivity contribution in [2.24, 2.45) is 0 Å². The Morgan fingerprint density at radius 3 is 2.87 bits per heavy atom. The number of hydrogen-bond acceptors (Lipinski definition) is 5. The van der Waals surface area contributed by atoms with Crippen LogP contribution in [0.5, 0.6) is 5.75 Å². The highest BCUT2D eigenvalue weighted by Crippen LogP contribution is 2.29. The molecular formula is C17H17NO5. The van der Waals surface area contributed by atoms with E-state index in [1.807, 2.05) is 6.07 Å². The molecule has 0 spiro atoms. The molecule has 3 aromatic rings. The summed E-state index contributed by atoms with van der Waals surface area (Å²) in [6.07, 6.45) is 1.49. The van der Waals surface area contributed by atoms with Crippen LogP contribution in [-0.4, -0.2) is 24.7 Å². The van der Waals surface area contributed by atoms with Crippen molar-refractivity contribution in [3.63, 3.8) is 0 Å². The number of furan rings is 2. The van der Waals surface area contributed by atoms with E-state index in [2.05, 4.69) is 5.32 Å². The zero-order chi connectivity index (χ0) is 16.4. The molecule has 0 aliphatic rings. The first-order chi connectivity index (χ1) is 11.1. The van der Waals surface area contributed by atoms with Crippen LogP contribution in [-0.2, 0) is 0 Å². The van der Waals surface area contributed by atoms with Crippen molar-refractivity contribution in [1.29, 1.82) is 0 Å². The monoisotopic (exact) mass is 315 g/mol. The van der Waals surface area contributed by atoms with E-state index in [-0.39, 0.29) is 12.4 Å². The SMILES string of the molecule is COc1ccc2oc(C(=O)NC(CO)c3ccco3)c(C)c2c1. The molecule has 0 fully saturated rings. The number of aliphatic hydroxyl groups excluding tert-OH is 1. The van der Waals surface area contributed by atoms with Crippen LogP contribution in [0.4, 0.5) is 0 Å². The first-order valence-electron chi connectivity index (χ1n) is 7.16. The number of nitrogens with one attached hydrogen (secondary N) is 1. The smallest absolute Gasteiger partial charge is 0.287 e. The summed E-state index contributed by atoms with van der Waals surface area (Å²) >= 11 is 0. The number of methoxy groups -OCH3 is 1. The van der Waals surface area contributed by atoms with Crippen molar-refractivity contribution in [3.05, 3.63) is 53.7 Å². The molecule has 120 valence electrons. The van der Waals surface area contributed by atoms with Crippen molar-refractivity contribution in [1.82, 2.24) is 5.32 Å². The van der Waals surface area contributed by atoms with Gasteiger partial charge in [-0.2, -0.15) is 0 Å². The van der Waals surface area contributed by atoms with Gasteiger partial charge < -0.3 is 24.0 Å². The van der Waals surface area contributed by atoms with Crippen molar-refractivity contribution in [2.45, 2.75) is 13.0 Å². The molecular weight excluding hydrogens is 298 g/mol. The van der Waals surface area contributed by atoms with Gasteiger partial charge in [0.2, 0.25) is 0 Å². The molecule has 2 N–H and O–H groups in total. The summed E-state index contributed by atoms with van der Waals surface area (Å²) in [5, 5.41) is 13.0. The molecule has 23 heavy (non-hydrogen) atoms. The summed E-state index contributed by atoms with van der Waals surface area (Å²) in [6.45, 7) is 1.54. The highest BCUT2D eigenvalue weighted by Gasteiger charge is 2.22. The Morgan fingerprint density at radius 2 is 2.22 bits per heavy atom. The highest BCUT2D eigenvalue weighted by atomic mass is 16.5. The third kappa shape index (κ3) is 2.80. The van der Waals surface area contributed by atoms with Crippen LogP contribution in [0.1, 0.15) is 27.9 Å². The average Bonchev–Trinajstić information content (AvgIpc) is 3.20. The summed E-state index contributed by atoms with van der Waals surface area (Å²) in [5.41, 5.74) is 1.32. The van der Waals surface area contributed by atoms with E-state index in [0.717, 1.165) is 5.39 Å². The number of rotatable bonds is 5. The predicted molar refractivity (Wildman–Crippen MR) is 83.5 cm³/mol. The van der Waals surface area contributed by atoms with Crippen molar-refractivity contribution in [3.8, 4) is 5.75 Å². The maximum absolute atomic E-state index is 12.5. The van der Waals surface area contributed by atoms with Gasteiger partial charge in [-0.15, -0.1) is 0 Å². The second-order valence-corrected chi connectivity index (χ2v) is 5.14. The van der Waals surface area contributed by atoms with Crippen LogP contribution >= 0.6 is 0 Å². The van der Waals surface area contributed by atoms with Crippen molar-refractivity contribution < 1.29 is 23.5 Å². The number of benzene rings is 1.